The summed E-state index contributed by atoms with van der Waals surface area (Å²) >= 11 is 7.74. The first-order valence-electron chi connectivity index (χ1n) is 6.21. The lowest BCUT2D eigenvalue weighted by atomic mass is 10.2. The van der Waals surface area contributed by atoms with Crippen molar-refractivity contribution in [2.75, 3.05) is 0 Å². The third kappa shape index (κ3) is 2.32. The van der Waals surface area contributed by atoms with Crippen LogP contribution in [0, 0.1) is 0 Å². The van der Waals surface area contributed by atoms with Gasteiger partial charge in [0.15, 0.2) is 0 Å². The molecule has 0 spiro atoms. The number of aryl methyl sites for hydroxylation is 2. The molecule has 0 saturated carbocycles. The van der Waals surface area contributed by atoms with Crippen LogP contribution in [0.5, 0.6) is 0 Å². The Balaban J connectivity index is 1.64. The molecule has 0 bridgehead atoms. The van der Waals surface area contributed by atoms with Gasteiger partial charge in [0.05, 0.1) is 17.1 Å². The molecule has 18 heavy (non-hydrogen) atoms. The lowest BCUT2D eigenvalue weighted by Gasteiger charge is -2.10. The average molecular weight is 283 g/mol. The van der Waals surface area contributed by atoms with Crippen molar-refractivity contribution in [3.8, 4) is 0 Å². The zero-order valence-electron chi connectivity index (χ0n) is 10.2. The molecule has 0 aromatic carbocycles. The lowest BCUT2D eigenvalue weighted by Crippen LogP contribution is -2.18. The van der Waals surface area contributed by atoms with Crippen molar-refractivity contribution in [3.05, 3.63) is 38.7 Å². The Hall–Kier alpha value is -0.840. The van der Waals surface area contributed by atoms with Gasteiger partial charge in [0.1, 0.15) is 5.76 Å². The topological polar surface area (TPSA) is 38.1 Å². The number of nitrogens with one attached hydrogen (secondary N) is 1. The van der Waals surface area contributed by atoms with Crippen LogP contribution >= 0.6 is 22.9 Å². The highest BCUT2D eigenvalue weighted by Gasteiger charge is 2.24. The summed E-state index contributed by atoms with van der Waals surface area (Å²) in [5.41, 5.74) is 1.35. The summed E-state index contributed by atoms with van der Waals surface area (Å²) in [7, 11) is 0. The van der Waals surface area contributed by atoms with Crippen LogP contribution in [-0.2, 0) is 19.4 Å². The van der Waals surface area contributed by atoms with Crippen LogP contribution in [-0.4, -0.2) is 4.98 Å². The second-order valence-electron chi connectivity index (χ2n) is 4.48. The van der Waals surface area contributed by atoms with Crippen LogP contribution < -0.4 is 5.32 Å². The summed E-state index contributed by atoms with van der Waals surface area (Å²) in [6.07, 6.45) is 4.95. The van der Waals surface area contributed by atoms with E-state index in [0.717, 1.165) is 35.2 Å². The minimum atomic E-state index is 0.390. The van der Waals surface area contributed by atoms with Crippen LogP contribution in [0.25, 0.3) is 0 Å². The van der Waals surface area contributed by atoms with Crippen molar-refractivity contribution in [1.82, 2.24) is 10.3 Å². The highest BCUT2D eigenvalue weighted by Crippen LogP contribution is 2.39. The summed E-state index contributed by atoms with van der Waals surface area (Å²) in [6, 6.07) is 2.47. The first-order valence-corrected chi connectivity index (χ1v) is 7.40. The molecule has 0 radical (unpaired) electrons. The van der Waals surface area contributed by atoms with Crippen molar-refractivity contribution < 1.29 is 4.42 Å². The number of nitrogens with zero attached hydrogens (tertiary/aromatic N) is 1. The predicted molar refractivity (Wildman–Crippen MR) is 73.1 cm³/mol. The van der Waals surface area contributed by atoms with Crippen molar-refractivity contribution in [1.29, 1.82) is 0 Å². The minimum Gasteiger partial charge on any atom is -0.444 e. The second-order valence-corrected chi connectivity index (χ2v) is 6.24. The summed E-state index contributed by atoms with van der Waals surface area (Å²) in [5.74, 6) is 1.71. The van der Waals surface area contributed by atoms with Crippen LogP contribution in [0.3, 0.4) is 0 Å². The van der Waals surface area contributed by atoms with Crippen LogP contribution in [0.1, 0.15) is 41.5 Å². The monoisotopic (exact) mass is 282 g/mol. The van der Waals surface area contributed by atoms with E-state index in [2.05, 4.69) is 23.3 Å². The van der Waals surface area contributed by atoms with Gasteiger partial charge in [-0.1, -0.05) is 18.5 Å². The summed E-state index contributed by atoms with van der Waals surface area (Å²) in [6.45, 7) is 2.74. The van der Waals surface area contributed by atoms with Crippen LogP contribution in [0.15, 0.2) is 16.7 Å². The molecule has 1 N–H and O–H groups in total. The van der Waals surface area contributed by atoms with E-state index in [-0.39, 0.29) is 0 Å². The van der Waals surface area contributed by atoms with Crippen molar-refractivity contribution in [2.45, 2.75) is 38.8 Å². The summed E-state index contributed by atoms with van der Waals surface area (Å²) in [5, 5.41) is 3.50. The summed E-state index contributed by atoms with van der Waals surface area (Å²) < 4.78 is 6.47. The lowest BCUT2D eigenvalue weighted by molar-refractivity contribution is 0.416. The Bertz CT molecular complexity index is 549. The molecule has 1 aliphatic carbocycles. The molecule has 1 aliphatic rings. The van der Waals surface area contributed by atoms with Gasteiger partial charge in [-0.3, -0.25) is 0 Å². The number of thiophene rings is 1. The molecule has 5 heteroatoms. The Labute approximate surface area is 115 Å². The highest BCUT2D eigenvalue weighted by molar-refractivity contribution is 7.16. The number of oxazole rings is 1. The van der Waals surface area contributed by atoms with Gasteiger partial charge in [0.2, 0.25) is 5.89 Å². The molecule has 0 amide bonds. The zero-order valence-corrected chi connectivity index (χ0v) is 11.8. The van der Waals surface area contributed by atoms with Crippen LogP contribution in [0.4, 0.5) is 0 Å². The van der Waals surface area contributed by atoms with E-state index >= 15 is 0 Å². The van der Waals surface area contributed by atoms with Gasteiger partial charge in [0, 0.05) is 17.3 Å². The number of hydrogen-bond donors (Lipinski definition) is 1. The number of rotatable bonds is 4. The van der Waals surface area contributed by atoms with Gasteiger partial charge >= 0.3 is 0 Å². The molecule has 0 aliphatic heterocycles. The van der Waals surface area contributed by atoms with Gasteiger partial charge < -0.3 is 9.73 Å². The fourth-order valence-corrected chi connectivity index (χ4v) is 3.70. The molecule has 2 aromatic rings. The van der Waals surface area contributed by atoms with E-state index in [1.54, 1.807) is 17.5 Å². The fourth-order valence-electron chi connectivity index (χ4n) is 2.35. The Morgan fingerprint density at radius 3 is 3.28 bits per heavy atom. The van der Waals surface area contributed by atoms with Crippen molar-refractivity contribution in [2.24, 2.45) is 0 Å². The van der Waals surface area contributed by atoms with E-state index in [1.807, 2.05) is 0 Å². The summed E-state index contributed by atoms with van der Waals surface area (Å²) in [4.78, 5) is 5.67. The van der Waals surface area contributed by atoms with E-state index < -0.39 is 0 Å². The van der Waals surface area contributed by atoms with Gasteiger partial charge in [-0.25, -0.2) is 4.98 Å². The van der Waals surface area contributed by atoms with E-state index in [4.69, 9.17) is 16.0 Å². The molecule has 3 rings (SSSR count). The Morgan fingerprint density at radius 1 is 1.61 bits per heavy atom. The van der Waals surface area contributed by atoms with E-state index in [1.165, 1.54) is 10.4 Å². The van der Waals surface area contributed by atoms with Crippen LogP contribution in [0.2, 0.25) is 4.34 Å². The quantitative estimate of drug-likeness (QED) is 0.928. The maximum atomic E-state index is 6.04. The molecule has 1 atom stereocenters. The largest absolute Gasteiger partial charge is 0.444 e. The average Bonchev–Trinajstić information content (AvgIpc) is 3.02. The van der Waals surface area contributed by atoms with Crippen molar-refractivity contribution >= 4 is 22.9 Å². The van der Waals surface area contributed by atoms with Gasteiger partial charge in [-0.2, -0.15) is 0 Å². The molecule has 0 saturated heterocycles. The second kappa shape index (κ2) is 5.03. The molecule has 96 valence electrons. The molecular weight excluding hydrogens is 268 g/mol. The molecule has 0 fully saturated rings. The van der Waals surface area contributed by atoms with E-state index in [0.29, 0.717) is 12.6 Å². The van der Waals surface area contributed by atoms with Crippen molar-refractivity contribution in [3.63, 3.8) is 0 Å². The first kappa shape index (κ1) is 12.2. The maximum Gasteiger partial charge on any atom is 0.208 e. The van der Waals surface area contributed by atoms with Gasteiger partial charge in [-0.15, -0.1) is 11.3 Å². The smallest absolute Gasteiger partial charge is 0.208 e. The van der Waals surface area contributed by atoms with Gasteiger partial charge in [0.25, 0.3) is 0 Å². The predicted octanol–water partition coefficient (Wildman–Crippen LogP) is 3.73. The Morgan fingerprint density at radius 2 is 2.50 bits per heavy atom. The SMILES string of the molecule is CCc1cnc(CNC2CCc3sc(Cl)cc32)o1. The molecular formula is C13H15ClN2OS. The number of halogens is 1. The third-order valence-electron chi connectivity index (χ3n) is 3.30. The molecule has 2 heterocycles. The zero-order chi connectivity index (χ0) is 12.5. The normalized spacial score (nSPS) is 18.2. The van der Waals surface area contributed by atoms with E-state index in [9.17, 15) is 0 Å². The fraction of sp³-hybridized carbons (Fsp3) is 0.462. The Kier molecular flexibility index (Phi) is 3.41. The molecule has 1 unspecified atom stereocenters. The van der Waals surface area contributed by atoms with Gasteiger partial charge in [-0.05, 0) is 24.5 Å². The molecule has 2 aromatic heterocycles. The third-order valence-corrected chi connectivity index (χ3v) is 4.64. The number of aromatic nitrogens is 1. The number of hydrogen-bond acceptors (Lipinski definition) is 4. The first-order chi connectivity index (χ1) is 8.76. The standard InChI is InChI=1S/C13H15ClN2OS/c1-2-8-6-16-13(17-8)7-15-10-3-4-11-9(10)5-12(14)18-11/h5-6,10,15H,2-4,7H2,1H3. The molecule has 3 nitrogen and oxygen atoms in total. The number of fused-ring (bicyclic) bond motifs is 1. The minimum absolute atomic E-state index is 0.390. The maximum absolute atomic E-state index is 6.04. The highest BCUT2D eigenvalue weighted by atomic mass is 35.5.